The lowest BCUT2D eigenvalue weighted by atomic mass is 10.2. The Labute approximate surface area is 194 Å². The van der Waals surface area contributed by atoms with Crippen molar-refractivity contribution in [3.63, 3.8) is 0 Å². The van der Waals surface area contributed by atoms with Gasteiger partial charge in [-0.25, -0.2) is 4.68 Å². The van der Waals surface area contributed by atoms with Crippen molar-refractivity contribution < 1.29 is 14.2 Å². The molecule has 0 amide bonds. The Morgan fingerprint density at radius 2 is 1.84 bits per heavy atom. The Hall–Kier alpha value is -2.74. The maximum absolute atomic E-state index is 6.45. The van der Waals surface area contributed by atoms with E-state index in [0.29, 0.717) is 44.2 Å². The van der Waals surface area contributed by atoms with Gasteiger partial charge in [-0.15, -0.1) is 17.9 Å². The van der Waals surface area contributed by atoms with E-state index in [-0.39, 0.29) is 0 Å². The van der Waals surface area contributed by atoms with Crippen LogP contribution >= 0.6 is 34.5 Å². The van der Waals surface area contributed by atoms with Gasteiger partial charge >= 0.3 is 0 Å². The van der Waals surface area contributed by atoms with Crippen LogP contribution in [0.3, 0.4) is 0 Å². The van der Waals surface area contributed by atoms with Gasteiger partial charge in [0.05, 0.1) is 44.8 Å². The van der Waals surface area contributed by atoms with Gasteiger partial charge in [-0.3, -0.25) is 4.99 Å². The molecule has 0 aliphatic carbocycles. The van der Waals surface area contributed by atoms with Crippen molar-refractivity contribution in [3.05, 3.63) is 68.8 Å². The van der Waals surface area contributed by atoms with E-state index in [4.69, 9.17) is 37.4 Å². The summed E-state index contributed by atoms with van der Waals surface area (Å²) < 4.78 is 18.1. The summed E-state index contributed by atoms with van der Waals surface area (Å²) in [5.74, 6) is 1.56. The fraction of sp³-hybridized carbons (Fsp3) is 0.182. The van der Waals surface area contributed by atoms with Crippen molar-refractivity contribution in [3.8, 4) is 28.5 Å². The fourth-order valence-electron chi connectivity index (χ4n) is 2.89. The molecule has 3 aromatic rings. The number of thiazole rings is 1. The Balaban J connectivity index is 2.15. The molecule has 0 bridgehead atoms. The average Bonchev–Trinajstić information content (AvgIpc) is 3.17. The minimum atomic E-state index is 0.462. The van der Waals surface area contributed by atoms with Crippen LogP contribution in [0, 0.1) is 0 Å². The van der Waals surface area contributed by atoms with Gasteiger partial charge in [0.25, 0.3) is 0 Å². The largest absolute Gasteiger partial charge is 0.493 e. The molecule has 0 saturated carbocycles. The maximum Gasteiger partial charge on any atom is 0.206 e. The number of methoxy groups -OCH3 is 3. The Kier molecular flexibility index (Phi) is 7.79. The van der Waals surface area contributed by atoms with E-state index in [2.05, 4.69) is 16.7 Å². The highest BCUT2D eigenvalue weighted by molar-refractivity contribution is 7.07. The molecule has 0 N–H and O–H groups in total. The van der Waals surface area contributed by atoms with Crippen LogP contribution in [0.5, 0.6) is 17.2 Å². The summed E-state index contributed by atoms with van der Waals surface area (Å²) in [6.07, 6.45) is 3.40. The number of halogens is 2. The predicted molar refractivity (Wildman–Crippen MR) is 127 cm³/mol. The molecule has 0 saturated heterocycles. The third kappa shape index (κ3) is 4.95. The van der Waals surface area contributed by atoms with Gasteiger partial charge < -0.3 is 14.2 Å². The molecule has 0 unspecified atom stereocenters. The van der Waals surface area contributed by atoms with Crippen LogP contribution in [0.25, 0.3) is 11.3 Å². The molecular formula is C22H21Cl2N3O3S. The zero-order valence-electron chi connectivity index (χ0n) is 17.3. The first-order chi connectivity index (χ1) is 15.0. The number of hydrogen-bond donors (Lipinski definition) is 0. The van der Waals surface area contributed by atoms with Gasteiger partial charge in [0.1, 0.15) is 0 Å². The smallest absolute Gasteiger partial charge is 0.206 e. The third-order valence-corrected chi connectivity index (χ3v) is 5.70. The van der Waals surface area contributed by atoms with Crippen molar-refractivity contribution in [2.45, 2.75) is 0 Å². The number of ether oxygens (including phenoxy) is 3. The second kappa shape index (κ2) is 10.5. The molecule has 0 atom stereocenters. The molecule has 31 heavy (non-hydrogen) atoms. The molecule has 1 heterocycles. The monoisotopic (exact) mass is 477 g/mol. The molecule has 0 fully saturated rings. The Morgan fingerprint density at radius 1 is 1.06 bits per heavy atom. The standard InChI is InChI=1S/C22H21Cl2N3O3S/c1-5-10-25-22-27(18(13-31-22)16-8-7-15(23)11-17(16)24)26-12-14-6-9-19(28-2)21(30-4)20(14)29-3/h5-9,11-13H,1,10H2,2-4H3. The normalized spacial score (nSPS) is 11.7. The quantitative estimate of drug-likeness (QED) is 0.317. The highest BCUT2D eigenvalue weighted by Gasteiger charge is 2.16. The van der Waals surface area contributed by atoms with Crippen LogP contribution < -0.4 is 19.0 Å². The highest BCUT2D eigenvalue weighted by Crippen LogP contribution is 2.39. The summed E-state index contributed by atoms with van der Waals surface area (Å²) in [4.78, 5) is 5.23. The first-order valence-electron chi connectivity index (χ1n) is 9.14. The molecule has 2 aromatic carbocycles. The second-order valence-electron chi connectivity index (χ2n) is 6.14. The lowest BCUT2D eigenvalue weighted by Crippen LogP contribution is -2.12. The van der Waals surface area contributed by atoms with E-state index in [1.165, 1.54) is 11.3 Å². The minimum Gasteiger partial charge on any atom is -0.493 e. The van der Waals surface area contributed by atoms with Crippen LogP contribution in [0.1, 0.15) is 5.56 Å². The number of rotatable bonds is 8. The molecule has 162 valence electrons. The molecule has 1 aromatic heterocycles. The zero-order valence-corrected chi connectivity index (χ0v) is 19.6. The first kappa shape index (κ1) is 22.9. The summed E-state index contributed by atoms with van der Waals surface area (Å²) in [5, 5.41) is 7.70. The van der Waals surface area contributed by atoms with Gasteiger partial charge in [0.15, 0.2) is 11.5 Å². The number of nitrogens with zero attached hydrogens (tertiary/aromatic N) is 3. The molecule has 0 aliphatic rings. The summed E-state index contributed by atoms with van der Waals surface area (Å²) in [5.41, 5.74) is 2.28. The second-order valence-corrected chi connectivity index (χ2v) is 7.82. The average molecular weight is 478 g/mol. The SMILES string of the molecule is C=CCN=c1scc(-c2ccc(Cl)cc2Cl)n1N=Cc1ccc(OC)c(OC)c1OC. The van der Waals surface area contributed by atoms with Gasteiger partial charge in [-0.2, -0.15) is 5.10 Å². The van der Waals surface area contributed by atoms with Crippen molar-refractivity contribution in [2.24, 2.45) is 10.1 Å². The predicted octanol–water partition coefficient (Wildman–Crippen LogP) is 5.52. The summed E-state index contributed by atoms with van der Waals surface area (Å²) in [6.45, 7) is 4.19. The van der Waals surface area contributed by atoms with E-state index in [1.54, 1.807) is 56.5 Å². The fourth-order valence-corrected chi connectivity index (χ4v) is 4.23. The number of hydrogen-bond acceptors (Lipinski definition) is 6. The van der Waals surface area contributed by atoms with Gasteiger partial charge in [-0.1, -0.05) is 29.3 Å². The zero-order chi connectivity index (χ0) is 22.4. The summed E-state index contributed by atoms with van der Waals surface area (Å²) >= 11 is 14.0. The highest BCUT2D eigenvalue weighted by atomic mass is 35.5. The minimum absolute atomic E-state index is 0.462. The molecule has 9 heteroatoms. The molecule has 0 aliphatic heterocycles. The summed E-state index contributed by atoms with van der Waals surface area (Å²) in [7, 11) is 4.69. The summed E-state index contributed by atoms with van der Waals surface area (Å²) in [6, 6.07) is 8.97. The van der Waals surface area contributed by atoms with Crippen molar-refractivity contribution >= 4 is 40.8 Å². The van der Waals surface area contributed by atoms with Crippen LogP contribution in [0.15, 0.2) is 58.5 Å². The van der Waals surface area contributed by atoms with E-state index in [0.717, 1.165) is 11.3 Å². The van der Waals surface area contributed by atoms with Crippen molar-refractivity contribution in [1.29, 1.82) is 0 Å². The molecule has 3 rings (SSSR count). The van der Waals surface area contributed by atoms with Crippen LogP contribution in [-0.2, 0) is 0 Å². The molecule has 6 nitrogen and oxygen atoms in total. The number of benzene rings is 2. The Bertz CT molecular complexity index is 1190. The van der Waals surface area contributed by atoms with Crippen molar-refractivity contribution in [1.82, 2.24) is 4.68 Å². The molecular weight excluding hydrogens is 457 g/mol. The van der Waals surface area contributed by atoms with Gasteiger partial charge in [0.2, 0.25) is 10.6 Å². The van der Waals surface area contributed by atoms with Crippen LogP contribution in [0.2, 0.25) is 10.0 Å². The topological polar surface area (TPSA) is 57.3 Å². The van der Waals surface area contributed by atoms with E-state index in [9.17, 15) is 0 Å². The van der Waals surface area contributed by atoms with Crippen molar-refractivity contribution in [2.75, 3.05) is 27.9 Å². The van der Waals surface area contributed by atoms with Crippen LogP contribution in [0.4, 0.5) is 0 Å². The van der Waals surface area contributed by atoms with E-state index < -0.39 is 0 Å². The first-order valence-corrected chi connectivity index (χ1v) is 10.8. The Morgan fingerprint density at radius 3 is 2.48 bits per heavy atom. The van der Waals surface area contributed by atoms with E-state index >= 15 is 0 Å². The molecule has 0 spiro atoms. The molecule has 0 radical (unpaired) electrons. The van der Waals surface area contributed by atoms with Gasteiger partial charge in [0, 0.05) is 21.5 Å². The number of aromatic nitrogens is 1. The van der Waals surface area contributed by atoms with E-state index in [1.807, 2.05) is 17.5 Å². The van der Waals surface area contributed by atoms with Crippen LogP contribution in [-0.4, -0.2) is 38.8 Å². The maximum atomic E-state index is 6.45. The lowest BCUT2D eigenvalue weighted by molar-refractivity contribution is 0.324. The lowest BCUT2D eigenvalue weighted by Gasteiger charge is -2.13. The third-order valence-electron chi connectivity index (χ3n) is 4.30. The van der Waals surface area contributed by atoms with Gasteiger partial charge in [-0.05, 0) is 30.3 Å².